The molecule has 0 aliphatic carbocycles. The van der Waals surface area contributed by atoms with Crippen molar-refractivity contribution < 1.29 is 9.59 Å². The number of fused-ring (bicyclic) bond motifs is 1. The van der Waals surface area contributed by atoms with Gasteiger partial charge in [-0.2, -0.15) is 0 Å². The molecule has 0 saturated carbocycles. The molecule has 0 radical (unpaired) electrons. The summed E-state index contributed by atoms with van der Waals surface area (Å²) in [5.74, 6) is -0.839. The van der Waals surface area contributed by atoms with Crippen LogP contribution >= 0.6 is 15.9 Å². The molecule has 2 rings (SSSR count). The van der Waals surface area contributed by atoms with Gasteiger partial charge in [-0.15, -0.1) is 0 Å². The molecule has 0 bridgehead atoms. The molecule has 0 fully saturated rings. The van der Waals surface area contributed by atoms with E-state index in [1.165, 1.54) is 5.01 Å². The van der Waals surface area contributed by atoms with Crippen LogP contribution < -0.4 is 5.43 Å². The van der Waals surface area contributed by atoms with E-state index in [-0.39, 0.29) is 17.2 Å². The highest BCUT2D eigenvalue weighted by Gasteiger charge is 2.44. The van der Waals surface area contributed by atoms with Gasteiger partial charge in [0.25, 0.3) is 5.91 Å². The summed E-state index contributed by atoms with van der Waals surface area (Å²) in [6.45, 7) is 13.7. The van der Waals surface area contributed by atoms with Crippen LogP contribution in [0, 0.1) is 11.3 Å². The Hall–Kier alpha value is -1.69. The number of carbonyl (C=O) groups is 2. The molecular formula is C18H24BrN3O2. The smallest absolute Gasteiger partial charge is 0.272 e. The van der Waals surface area contributed by atoms with Crippen LogP contribution in [-0.2, 0) is 11.3 Å². The molecule has 1 aliphatic heterocycles. The van der Waals surface area contributed by atoms with E-state index in [0.717, 1.165) is 10.0 Å². The third-order valence-corrected chi connectivity index (χ3v) is 4.85. The molecule has 24 heavy (non-hydrogen) atoms. The summed E-state index contributed by atoms with van der Waals surface area (Å²) in [6.07, 6.45) is 0. The van der Waals surface area contributed by atoms with Gasteiger partial charge in [-0.05, 0) is 49.7 Å². The average molecular weight is 394 g/mol. The first-order valence-corrected chi connectivity index (χ1v) is 8.65. The van der Waals surface area contributed by atoms with Crippen LogP contribution in [0.1, 0.15) is 50.5 Å². The van der Waals surface area contributed by atoms with E-state index in [4.69, 9.17) is 0 Å². The summed E-state index contributed by atoms with van der Waals surface area (Å²) in [7, 11) is 0. The second kappa shape index (κ2) is 6.31. The zero-order valence-corrected chi connectivity index (χ0v) is 16.4. The monoisotopic (exact) mass is 393 g/mol. The van der Waals surface area contributed by atoms with Gasteiger partial charge in [0.15, 0.2) is 0 Å². The quantitative estimate of drug-likeness (QED) is 0.794. The van der Waals surface area contributed by atoms with Crippen molar-refractivity contribution >= 4 is 34.5 Å². The zero-order valence-electron chi connectivity index (χ0n) is 14.8. The lowest BCUT2D eigenvalue weighted by Gasteiger charge is -2.39. The third-order valence-electron chi connectivity index (χ3n) is 4.36. The number of hydrazine groups is 1. The van der Waals surface area contributed by atoms with Gasteiger partial charge < -0.3 is 0 Å². The molecule has 1 aliphatic rings. The van der Waals surface area contributed by atoms with Gasteiger partial charge in [-0.1, -0.05) is 36.7 Å². The van der Waals surface area contributed by atoms with E-state index in [1.807, 2.05) is 46.8 Å². The minimum absolute atomic E-state index is 0.192. The van der Waals surface area contributed by atoms with E-state index >= 15 is 0 Å². The Morgan fingerprint density at radius 2 is 1.96 bits per heavy atom. The van der Waals surface area contributed by atoms with E-state index in [0.29, 0.717) is 12.1 Å². The number of amides is 2. The Bertz CT molecular complexity index is 692. The minimum atomic E-state index is -0.638. The fourth-order valence-corrected chi connectivity index (χ4v) is 3.85. The molecule has 0 saturated heterocycles. The summed E-state index contributed by atoms with van der Waals surface area (Å²) in [4.78, 5) is 29.5. The molecule has 5 nitrogen and oxygen atoms in total. The van der Waals surface area contributed by atoms with Crippen LogP contribution in [0.25, 0.3) is 0 Å². The molecule has 0 aromatic heterocycles. The number of nitrogens with zero attached hydrogens (tertiary/aromatic N) is 2. The molecule has 1 N–H and O–H groups in total. The number of rotatable bonds is 4. The highest BCUT2D eigenvalue weighted by molar-refractivity contribution is 9.10. The van der Waals surface area contributed by atoms with Crippen molar-refractivity contribution in [1.29, 1.82) is 0 Å². The maximum absolute atomic E-state index is 12.9. The molecule has 2 amide bonds. The SMILES string of the molecule is C=NC(C)(C)C(C(=O)NN1Cc2cc(Br)ccc2C1=O)C(C)(C)C. The first-order valence-electron chi connectivity index (χ1n) is 7.86. The van der Waals surface area contributed by atoms with Gasteiger partial charge in [0, 0.05) is 10.0 Å². The van der Waals surface area contributed by atoms with E-state index < -0.39 is 11.5 Å². The Morgan fingerprint density at radius 3 is 2.50 bits per heavy atom. The number of benzene rings is 1. The van der Waals surface area contributed by atoms with Crippen molar-refractivity contribution in [3.8, 4) is 0 Å². The van der Waals surface area contributed by atoms with Gasteiger partial charge in [-0.3, -0.25) is 20.0 Å². The zero-order chi connectivity index (χ0) is 18.3. The molecule has 1 unspecified atom stereocenters. The Labute approximate surface area is 151 Å². The highest BCUT2D eigenvalue weighted by atomic mass is 79.9. The fraction of sp³-hybridized carbons (Fsp3) is 0.500. The largest absolute Gasteiger partial charge is 0.294 e. The van der Waals surface area contributed by atoms with Crippen LogP contribution in [0.15, 0.2) is 27.7 Å². The maximum Gasteiger partial charge on any atom is 0.272 e. The molecule has 1 aromatic carbocycles. The van der Waals surface area contributed by atoms with Gasteiger partial charge in [0.05, 0.1) is 18.0 Å². The topological polar surface area (TPSA) is 61.8 Å². The lowest BCUT2D eigenvalue weighted by atomic mass is 9.70. The van der Waals surface area contributed by atoms with Crippen molar-refractivity contribution in [2.45, 2.75) is 46.7 Å². The predicted octanol–water partition coefficient (Wildman–Crippen LogP) is 3.58. The van der Waals surface area contributed by atoms with Crippen LogP contribution in [0.3, 0.4) is 0 Å². The van der Waals surface area contributed by atoms with Gasteiger partial charge in [0.2, 0.25) is 5.91 Å². The summed E-state index contributed by atoms with van der Waals surface area (Å²) in [5, 5.41) is 1.37. The van der Waals surface area contributed by atoms with Crippen LogP contribution in [0.2, 0.25) is 0 Å². The van der Waals surface area contributed by atoms with Crippen molar-refractivity contribution in [2.24, 2.45) is 16.3 Å². The summed E-state index contributed by atoms with van der Waals surface area (Å²) in [5.41, 5.74) is 3.33. The minimum Gasteiger partial charge on any atom is -0.294 e. The molecule has 1 atom stereocenters. The van der Waals surface area contributed by atoms with Crippen molar-refractivity contribution in [1.82, 2.24) is 10.4 Å². The third kappa shape index (κ3) is 3.53. The second-order valence-electron chi connectivity index (χ2n) is 7.78. The number of aliphatic imine (C=N–C) groups is 1. The molecule has 1 heterocycles. The first kappa shape index (κ1) is 18.6. The average Bonchev–Trinajstić information content (AvgIpc) is 2.72. The second-order valence-corrected chi connectivity index (χ2v) is 8.70. The van der Waals surface area contributed by atoms with Crippen LogP contribution in [-0.4, -0.2) is 29.1 Å². The van der Waals surface area contributed by atoms with Gasteiger partial charge >= 0.3 is 0 Å². The van der Waals surface area contributed by atoms with Crippen LogP contribution in [0.4, 0.5) is 0 Å². The van der Waals surface area contributed by atoms with E-state index in [1.54, 1.807) is 6.07 Å². The Morgan fingerprint density at radius 1 is 1.33 bits per heavy atom. The first-order chi connectivity index (χ1) is 11.0. The van der Waals surface area contributed by atoms with Crippen molar-refractivity contribution in [3.05, 3.63) is 33.8 Å². The number of halogens is 1. The standard InChI is InChI=1S/C18H24BrN3O2/c1-17(2,3)14(18(4,5)20-6)15(23)21-22-10-11-9-12(19)7-8-13(11)16(22)24/h7-9,14H,6,10H2,1-5H3,(H,21,23). The highest BCUT2D eigenvalue weighted by Crippen LogP contribution is 2.37. The lowest BCUT2D eigenvalue weighted by molar-refractivity contribution is -0.135. The number of carbonyl (C=O) groups excluding carboxylic acids is 2. The maximum atomic E-state index is 12.9. The van der Waals surface area contributed by atoms with Gasteiger partial charge in [0.1, 0.15) is 0 Å². The molecule has 130 valence electrons. The fourth-order valence-electron chi connectivity index (χ4n) is 3.44. The summed E-state index contributed by atoms with van der Waals surface area (Å²) in [6, 6.07) is 5.49. The van der Waals surface area contributed by atoms with Crippen molar-refractivity contribution in [3.63, 3.8) is 0 Å². The Kier molecular flexibility index (Phi) is 4.91. The number of hydrogen-bond acceptors (Lipinski definition) is 3. The normalized spacial score (nSPS) is 15.9. The molecule has 0 spiro atoms. The predicted molar refractivity (Wildman–Crippen MR) is 98.7 cm³/mol. The Balaban J connectivity index is 2.23. The van der Waals surface area contributed by atoms with E-state index in [2.05, 4.69) is 33.1 Å². The molecule has 1 aromatic rings. The van der Waals surface area contributed by atoms with Crippen LogP contribution in [0.5, 0.6) is 0 Å². The number of hydrogen-bond donors (Lipinski definition) is 1. The molecule has 6 heteroatoms. The summed E-state index contributed by atoms with van der Waals surface area (Å²) >= 11 is 3.40. The molecular weight excluding hydrogens is 370 g/mol. The summed E-state index contributed by atoms with van der Waals surface area (Å²) < 4.78 is 0.909. The van der Waals surface area contributed by atoms with E-state index in [9.17, 15) is 9.59 Å². The lowest BCUT2D eigenvalue weighted by Crippen LogP contribution is -2.53. The van der Waals surface area contributed by atoms with Gasteiger partial charge in [-0.25, -0.2) is 5.01 Å². The number of nitrogens with one attached hydrogen (secondary N) is 1. The van der Waals surface area contributed by atoms with Crippen molar-refractivity contribution in [2.75, 3.05) is 0 Å².